The van der Waals surface area contributed by atoms with Gasteiger partial charge in [-0.3, -0.25) is 9.69 Å². The Morgan fingerprint density at radius 1 is 1.06 bits per heavy atom. The number of carboxylic acid groups (broad SMARTS) is 1. The highest BCUT2D eigenvalue weighted by Crippen LogP contribution is 2.23. The first-order valence-corrected chi connectivity index (χ1v) is 11.8. The molecule has 0 aliphatic carbocycles. The van der Waals surface area contributed by atoms with Gasteiger partial charge in [-0.1, -0.05) is 32.0 Å². The Labute approximate surface area is 208 Å². The Balaban J connectivity index is 1.47. The number of nitrogens with zero attached hydrogens (tertiary/aromatic N) is 3. The van der Waals surface area contributed by atoms with E-state index in [0.717, 1.165) is 21.9 Å². The van der Waals surface area contributed by atoms with Gasteiger partial charge in [0.05, 0.1) is 5.69 Å². The van der Waals surface area contributed by atoms with Gasteiger partial charge in [-0.2, -0.15) is 0 Å². The second kappa shape index (κ2) is 10.6. The van der Waals surface area contributed by atoms with Gasteiger partial charge in [-0.05, 0) is 48.2 Å². The molecule has 2 aromatic carbocycles. The summed E-state index contributed by atoms with van der Waals surface area (Å²) >= 11 is 0. The summed E-state index contributed by atoms with van der Waals surface area (Å²) in [6.07, 6.45) is 0.459. The van der Waals surface area contributed by atoms with Crippen LogP contribution in [-0.2, 0) is 24.2 Å². The molecule has 0 saturated heterocycles. The van der Waals surface area contributed by atoms with Gasteiger partial charge in [0.2, 0.25) is 0 Å². The number of aryl methyl sites for hydroxylation is 4. The van der Waals surface area contributed by atoms with Crippen LogP contribution >= 0.6 is 0 Å². The fraction of sp³-hybridized carbons (Fsp3) is 0.333. The number of ether oxygens (including phenoxy) is 1. The number of aliphatic carboxylic acids is 1. The monoisotopic (exact) mass is 491 g/mol. The van der Waals surface area contributed by atoms with Crippen LogP contribution in [0, 0.1) is 13.8 Å². The van der Waals surface area contributed by atoms with Crippen LogP contribution in [0.1, 0.15) is 54.1 Å². The third kappa shape index (κ3) is 6.10. The maximum atomic E-state index is 12.8. The van der Waals surface area contributed by atoms with E-state index in [1.165, 1.54) is 0 Å². The molecule has 9 nitrogen and oxygen atoms in total. The van der Waals surface area contributed by atoms with Crippen molar-refractivity contribution in [1.29, 1.82) is 0 Å². The predicted molar refractivity (Wildman–Crippen MR) is 132 cm³/mol. The fourth-order valence-electron chi connectivity index (χ4n) is 3.93. The van der Waals surface area contributed by atoms with Gasteiger partial charge >= 0.3 is 12.1 Å². The number of hydrogen-bond acceptors (Lipinski definition) is 7. The minimum atomic E-state index is -1.13. The highest BCUT2D eigenvalue weighted by atomic mass is 16.6. The molecule has 9 heteroatoms. The molecule has 0 fully saturated rings. The molecule has 0 bridgehead atoms. The number of carbonyl (C=O) groups excluding carboxylic acids is 1. The van der Waals surface area contributed by atoms with E-state index in [9.17, 15) is 14.7 Å². The maximum absolute atomic E-state index is 12.8. The molecule has 2 heterocycles. The minimum absolute atomic E-state index is 0.0462. The van der Waals surface area contributed by atoms with Crippen molar-refractivity contribution in [3.63, 3.8) is 0 Å². The molecule has 0 aliphatic rings. The lowest BCUT2D eigenvalue weighted by Crippen LogP contribution is -2.37. The summed E-state index contributed by atoms with van der Waals surface area (Å²) in [4.78, 5) is 34.4. The summed E-state index contributed by atoms with van der Waals surface area (Å²) < 4.78 is 16.8. The molecule has 36 heavy (non-hydrogen) atoms. The summed E-state index contributed by atoms with van der Waals surface area (Å²) in [5, 5.41) is 9.35. The summed E-state index contributed by atoms with van der Waals surface area (Å²) in [6.45, 7) is 7.32. The molecule has 2 aromatic heterocycles. The second-order valence-corrected chi connectivity index (χ2v) is 8.99. The van der Waals surface area contributed by atoms with Gasteiger partial charge in [0.1, 0.15) is 23.6 Å². The number of carbonyl (C=O) groups is 2. The van der Waals surface area contributed by atoms with E-state index in [2.05, 4.69) is 9.97 Å². The average Bonchev–Trinajstić information content (AvgIpc) is 3.37. The van der Waals surface area contributed by atoms with Crippen LogP contribution in [0.5, 0.6) is 5.75 Å². The van der Waals surface area contributed by atoms with E-state index in [0.29, 0.717) is 47.0 Å². The van der Waals surface area contributed by atoms with Crippen molar-refractivity contribution in [3.05, 3.63) is 76.8 Å². The van der Waals surface area contributed by atoms with Crippen LogP contribution in [0.3, 0.4) is 0 Å². The Morgan fingerprint density at radius 3 is 2.56 bits per heavy atom. The Morgan fingerprint density at radius 2 is 1.86 bits per heavy atom. The summed E-state index contributed by atoms with van der Waals surface area (Å²) in [5.41, 5.74) is 3.84. The first-order valence-electron chi connectivity index (χ1n) is 11.8. The van der Waals surface area contributed by atoms with E-state index in [4.69, 9.17) is 13.6 Å². The molecule has 0 aliphatic heterocycles. The van der Waals surface area contributed by atoms with Gasteiger partial charge in [0.15, 0.2) is 17.4 Å². The van der Waals surface area contributed by atoms with Gasteiger partial charge in [0.25, 0.3) is 0 Å². The molecule has 1 amide bonds. The van der Waals surface area contributed by atoms with Crippen molar-refractivity contribution in [2.24, 2.45) is 0 Å². The zero-order chi connectivity index (χ0) is 25.8. The SMILES string of the molecule is Cc1nc(CCc2nc3cc(CN(CC(=O)O)C(=O)Oc4cccc(C(C)C)c4)ccc3o2)c(C)o1. The molecule has 4 aromatic rings. The highest BCUT2D eigenvalue weighted by molar-refractivity contribution is 5.78. The van der Waals surface area contributed by atoms with E-state index in [-0.39, 0.29) is 12.5 Å². The lowest BCUT2D eigenvalue weighted by Gasteiger charge is -2.20. The third-order valence-electron chi connectivity index (χ3n) is 5.76. The van der Waals surface area contributed by atoms with Gasteiger partial charge in [-0.25, -0.2) is 14.8 Å². The first kappa shape index (κ1) is 25.0. The number of fused-ring (bicyclic) bond motifs is 1. The summed E-state index contributed by atoms with van der Waals surface area (Å²) in [5.74, 6) is 1.48. The van der Waals surface area contributed by atoms with Crippen molar-refractivity contribution in [2.75, 3.05) is 6.54 Å². The normalized spacial score (nSPS) is 11.2. The largest absolute Gasteiger partial charge is 0.480 e. The number of aromatic nitrogens is 2. The summed E-state index contributed by atoms with van der Waals surface area (Å²) in [6, 6.07) is 12.6. The number of carboxylic acids is 1. The average molecular weight is 492 g/mol. The van der Waals surface area contributed by atoms with Crippen molar-refractivity contribution in [3.8, 4) is 5.75 Å². The lowest BCUT2D eigenvalue weighted by atomic mass is 10.0. The number of benzene rings is 2. The lowest BCUT2D eigenvalue weighted by molar-refractivity contribution is -0.138. The molecule has 1 N–H and O–H groups in total. The standard InChI is InChI=1S/C27H29N3O6/c1-16(2)20-6-5-7-21(13-20)35-27(33)30(15-26(31)32)14-19-8-10-24-23(12-19)29-25(36-24)11-9-22-17(3)34-18(4)28-22/h5-8,10,12-13,16H,9,11,14-15H2,1-4H3,(H,31,32). The first-order chi connectivity index (χ1) is 17.2. The zero-order valence-corrected chi connectivity index (χ0v) is 20.8. The quantitative estimate of drug-likeness (QED) is 0.329. The number of rotatable bonds is 9. The molecule has 4 rings (SSSR count). The van der Waals surface area contributed by atoms with Crippen LogP contribution < -0.4 is 4.74 Å². The molecule has 0 unspecified atom stereocenters. The van der Waals surface area contributed by atoms with Crippen LogP contribution in [0.25, 0.3) is 11.1 Å². The number of amides is 1. The van der Waals surface area contributed by atoms with Crippen LogP contribution in [0.2, 0.25) is 0 Å². The van der Waals surface area contributed by atoms with Gasteiger partial charge in [-0.15, -0.1) is 0 Å². The minimum Gasteiger partial charge on any atom is -0.480 e. The smallest absolute Gasteiger partial charge is 0.416 e. The highest BCUT2D eigenvalue weighted by Gasteiger charge is 2.21. The van der Waals surface area contributed by atoms with Crippen LogP contribution in [0.15, 0.2) is 51.3 Å². The molecule has 0 spiro atoms. The predicted octanol–water partition coefficient (Wildman–Crippen LogP) is 5.43. The number of oxazole rings is 2. The van der Waals surface area contributed by atoms with E-state index < -0.39 is 18.6 Å². The second-order valence-electron chi connectivity index (χ2n) is 8.99. The molecule has 0 saturated carbocycles. The van der Waals surface area contributed by atoms with Gasteiger partial charge < -0.3 is 18.7 Å². The molecule has 0 atom stereocenters. The molecule has 188 valence electrons. The maximum Gasteiger partial charge on any atom is 0.416 e. The van der Waals surface area contributed by atoms with Crippen molar-refractivity contribution in [1.82, 2.24) is 14.9 Å². The van der Waals surface area contributed by atoms with Gasteiger partial charge in [0, 0.05) is 26.3 Å². The Bertz CT molecular complexity index is 1390. The molecular formula is C27H29N3O6. The van der Waals surface area contributed by atoms with Crippen molar-refractivity contribution < 1.29 is 28.3 Å². The topological polar surface area (TPSA) is 119 Å². The fourth-order valence-corrected chi connectivity index (χ4v) is 3.93. The molecule has 0 radical (unpaired) electrons. The molecular weight excluding hydrogens is 462 g/mol. The van der Waals surface area contributed by atoms with E-state index in [1.54, 1.807) is 36.4 Å². The Hall–Kier alpha value is -4.14. The van der Waals surface area contributed by atoms with Crippen molar-refractivity contribution >= 4 is 23.2 Å². The third-order valence-corrected chi connectivity index (χ3v) is 5.76. The van der Waals surface area contributed by atoms with E-state index in [1.807, 2.05) is 33.8 Å². The van der Waals surface area contributed by atoms with Crippen LogP contribution in [-0.4, -0.2) is 38.6 Å². The van der Waals surface area contributed by atoms with E-state index >= 15 is 0 Å². The number of hydrogen-bond donors (Lipinski definition) is 1. The summed E-state index contributed by atoms with van der Waals surface area (Å²) in [7, 11) is 0. The van der Waals surface area contributed by atoms with Crippen molar-refractivity contribution in [2.45, 2.75) is 53.0 Å². The van der Waals surface area contributed by atoms with Crippen LogP contribution in [0.4, 0.5) is 4.79 Å². The Kier molecular flexibility index (Phi) is 7.38. The zero-order valence-electron chi connectivity index (χ0n) is 20.8.